The third-order valence-electron chi connectivity index (χ3n) is 5.47. The van der Waals surface area contributed by atoms with E-state index in [1.807, 2.05) is 61.5 Å². The number of aryl methyl sites for hydroxylation is 1. The van der Waals surface area contributed by atoms with Crippen molar-refractivity contribution in [2.75, 3.05) is 18.4 Å². The molecule has 1 heterocycles. The zero-order chi connectivity index (χ0) is 20.4. The van der Waals surface area contributed by atoms with Crippen molar-refractivity contribution in [3.05, 3.63) is 72.3 Å². The van der Waals surface area contributed by atoms with Gasteiger partial charge in [0.1, 0.15) is 0 Å². The standard InChI is InChI=1S/C23H24N2O3S/c1-17-5-4-8-21(15-17)24-23(26)19-11-13-25(14-12-19)29(27,28)22-10-9-18-6-2-3-7-20(18)16-22/h2-10,15-16,19H,11-14H2,1H3,(H,24,26). The number of rotatable bonds is 4. The maximum Gasteiger partial charge on any atom is 0.243 e. The average molecular weight is 409 g/mol. The van der Waals surface area contributed by atoms with Gasteiger partial charge in [0.15, 0.2) is 0 Å². The number of anilines is 1. The van der Waals surface area contributed by atoms with Gasteiger partial charge in [0.05, 0.1) is 4.90 Å². The van der Waals surface area contributed by atoms with Gasteiger partial charge < -0.3 is 5.32 Å². The molecule has 0 aliphatic carbocycles. The van der Waals surface area contributed by atoms with Crippen molar-refractivity contribution >= 4 is 32.4 Å². The third-order valence-corrected chi connectivity index (χ3v) is 7.36. The molecular formula is C23H24N2O3S. The first-order chi connectivity index (χ1) is 13.9. The Labute approximate surface area is 171 Å². The van der Waals surface area contributed by atoms with Crippen molar-refractivity contribution in [3.8, 4) is 0 Å². The molecule has 0 saturated carbocycles. The lowest BCUT2D eigenvalue weighted by molar-refractivity contribution is -0.120. The van der Waals surface area contributed by atoms with Crippen LogP contribution in [0.1, 0.15) is 18.4 Å². The highest BCUT2D eigenvalue weighted by atomic mass is 32.2. The molecule has 5 nitrogen and oxygen atoms in total. The van der Waals surface area contributed by atoms with Crippen LogP contribution in [-0.4, -0.2) is 31.7 Å². The largest absolute Gasteiger partial charge is 0.326 e. The number of benzene rings is 3. The zero-order valence-corrected chi connectivity index (χ0v) is 17.2. The average Bonchev–Trinajstić information content (AvgIpc) is 2.73. The first kappa shape index (κ1) is 19.6. The fourth-order valence-electron chi connectivity index (χ4n) is 3.80. The van der Waals surface area contributed by atoms with Gasteiger partial charge in [-0.2, -0.15) is 4.31 Å². The van der Waals surface area contributed by atoms with Gasteiger partial charge in [0.25, 0.3) is 0 Å². The molecule has 1 N–H and O–H groups in total. The summed E-state index contributed by atoms with van der Waals surface area (Å²) in [6.45, 7) is 2.67. The number of amides is 1. The number of sulfonamides is 1. The molecule has 1 aliphatic rings. The Bertz CT molecular complexity index is 1150. The summed E-state index contributed by atoms with van der Waals surface area (Å²) in [4.78, 5) is 12.9. The molecule has 1 amide bonds. The molecule has 3 aromatic rings. The van der Waals surface area contributed by atoms with E-state index in [0.717, 1.165) is 22.0 Å². The Morgan fingerprint density at radius 2 is 1.66 bits per heavy atom. The van der Waals surface area contributed by atoms with Crippen LogP contribution in [0.4, 0.5) is 5.69 Å². The van der Waals surface area contributed by atoms with Crippen molar-refractivity contribution in [3.63, 3.8) is 0 Å². The second kappa shape index (κ2) is 7.97. The van der Waals surface area contributed by atoms with Crippen molar-refractivity contribution in [2.24, 2.45) is 5.92 Å². The molecule has 0 bridgehead atoms. The molecule has 0 unspecified atom stereocenters. The Morgan fingerprint density at radius 3 is 2.38 bits per heavy atom. The van der Waals surface area contributed by atoms with E-state index in [4.69, 9.17) is 0 Å². The minimum Gasteiger partial charge on any atom is -0.326 e. The summed E-state index contributed by atoms with van der Waals surface area (Å²) in [5.41, 5.74) is 1.86. The summed E-state index contributed by atoms with van der Waals surface area (Å²) in [5, 5.41) is 4.87. The fourth-order valence-corrected chi connectivity index (χ4v) is 5.31. The monoisotopic (exact) mass is 408 g/mol. The molecular weight excluding hydrogens is 384 g/mol. The molecule has 0 spiro atoms. The minimum absolute atomic E-state index is 0.0432. The molecule has 3 aromatic carbocycles. The van der Waals surface area contributed by atoms with Crippen molar-refractivity contribution < 1.29 is 13.2 Å². The number of nitrogens with one attached hydrogen (secondary N) is 1. The predicted octanol–water partition coefficient (Wildman–Crippen LogP) is 4.19. The van der Waals surface area contributed by atoms with E-state index < -0.39 is 10.0 Å². The number of piperidine rings is 1. The number of fused-ring (bicyclic) bond motifs is 1. The molecule has 150 valence electrons. The second-order valence-electron chi connectivity index (χ2n) is 7.55. The van der Waals surface area contributed by atoms with Gasteiger partial charge in [-0.25, -0.2) is 8.42 Å². The lowest BCUT2D eigenvalue weighted by atomic mass is 9.97. The van der Waals surface area contributed by atoms with Gasteiger partial charge in [0, 0.05) is 24.7 Å². The normalized spacial score (nSPS) is 16.0. The Kier molecular flexibility index (Phi) is 5.39. The molecule has 1 saturated heterocycles. The van der Waals surface area contributed by atoms with Gasteiger partial charge in [0.2, 0.25) is 15.9 Å². The summed E-state index contributed by atoms with van der Waals surface area (Å²) in [6, 6.07) is 20.6. The van der Waals surface area contributed by atoms with E-state index in [9.17, 15) is 13.2 Å². The number of hydrogen-bond acceptors (Lipinski definition) is 3. The van der Waals surface area contributed by atoms with Crippen LogP contribution in [0.25, 0.3) is 10.8 Å². The van der Waals surface area contributed by atoms with Crippen molar-refractivity contribution in [1.82, 2.24) is 4.31 Å². The van der Waals surface area contributed by atoms with Gasteiger partial charge in [-0.15, -0.1) is 0 Å². The number of nitrogens with zero attached hydrogens (tertiary/aromatic N) is 1. The number of hydrogen-bond donors (Lipinski definition) is 1. The Balaban J connectivity index is 1.43. The molecule has 6 heteroatoms. The summed E-state index contributed by atoms with van der Waals surface area (Å²) < 4.78 is 27.6. The van der Waals surface area contributed by atoms with Crippen LogP contribution in [0, 0.1) is 12.8 Å². The van der Waals surface area contributed by atoms with Crippen LogP contribution in [-0.2, 0) is 14.8 Å². The third kappa shape index (κ3) is 4.18. The molecule has 0 aromatic heterocycles. The summed E-state index contributed by atoms with van der Waals surface area (Å²) in [7, 11) is -3.57. The van der Waals surface area contributed by atoms with Crippen LogP contribution in [0.3, 0.4) is 0 Å². The van der Waals surface area contributed by atoms with Crippen LogP contribution in [0.5, 0.6) is 0 Å². The highest BCUT2D eigenvalue weighted by molar-refractivity contribution is 7.89. The van der Waals surface area contributed by atoms with E-state index in [1.165, 1.54) is 4.31 Å². The van der Waals surface area contributed by atoms with Crippen LogP contribution < -0.4 is 5.32 Å². The van der Waals surface area contributed by atoms with E-state index in [-0.39, 0.29) is 11.8 Å². The number of carbonyl (C=O) groups excluding carboxylic acids is 1. The molecule has 1 fully saturated rings. The molecule has 0 radical (unpaired) electrons. The zero-order valence-electron chi connectivity index (χ0n) is 16.3. The van der Waals surface area contributed by atoms with Crippen LogP contribution in [0.15, 0.2) is 71.6 Å². The summed E-state index contributed by atoms with van der Waals surface area (Å²) in [5.74, 6) is -0.225. The minimum atomic E-state index is -3.57. The lowest BCUT2D eigenvalue weighted by Crippen LogP contribution is -2.41. The predicted molar refractivity (Wildman–Crippen MR) is 115 cm³/mol. The quantitative estimate of drug-likeness (QED) is 0.704. The summed E-state index contributed by atoms with van der Waals surface area (Å²) >= 11 is 0. The second-order valence-corrected chi connectivity index (χ2v) is 9.48. The van der Waals surface area contributed by atoms with Gasteiger partial charge >= 0.3 is 0 Å². The Morgan fingerprint density at radius 1 is 0.931 bits per heavy atom. The smallest absolute Gasteiger partial charge is 0.243 e. The molecule has 29 heavy (non-hydrogen) atoms. The van der Waals surface area contributed by atoms with Crippen LogP contribution in [0.2, 0.25) is 0 Å². The van der Waals surface area contributed by atoms with Crippen LogP contribution >= 0.6 is 0 Å². The highest BCUT2D eigenvalue weighted by Crippen LogP contribution is 2.27. The first-order valence-electron chi connectivity index (χ1n) is 9.80. The first-order valence-corrected chi connectivity index (χ1v) is 11.2. The van der Waals surface area contributed by atoms with Crippen molar-refractivity contribution in [2.45, 2.75) is 24.7 Å². The van der Waals surface area contributed by atoms with E-state index in [1.54, 1.807) is 12.1 Å². The Hall–Kier alpha value is -2.70. The van der Waals surface area contributed by atoms with Gasteiger partial charge in [-0.05, 0) is 60.4 Å². The maximum atomic E-state index is 13.1. The molecule has 4 rings (SSSR count). The molecule has 0 atom stereocenters. The van der Waals surface area contributed by atoms with E-state index >= 15 is 0 Å². The lowest BCUT2D eigenvalue weighted by Gasteiger charge is -2.30. The number of carbonyl (C=O) groups is 1. The van der Waals surface area contributed by atoms with E-state index in [0.29, 0.717) is 30.8 Å². The topological polar surface area (TPSA) is 66.5 Å². The maximum absolute atomic E-state index is 13.1. The van der Waals surface area contributed by atoms with E-state index in [2.05, 4.69) is 5.32 Å². The highest BCUT2D eigenvalue weighted by Gasteiger charge is 2.32. The summed E-state index contributed by atoms with van der Waals surface area (Å²) in [6.07, 6.45) is 1.04. The fraction of sp³-hybridized carbons (Fsp3) is 0.261. The van der Waals surface area contributed by atoms with Gasteiger partial charge in [-0.1, -0.05) is 42.5 Å². The SMILES string of the molecule is Cc1cccc(NC(=O)C2CCN(S(=O)(=O)c3ccc4ccccc4c3)CC2)c1. The van der Waals surface area contributed by atoms with Crippen molar-refractivity contribution in [1.29, 1.82) is 0 Å². The molecule has 1 aliphatic heterocycles. The van der Waals surface area contributed by atoms with Gasteiger partial charge in [-0.3, -0.25) is 4.79 Å².